The Morgan fingerprint density at radius 2 is 2.27 bits per heavy atom. The molecule has 1 aromatic carbocycles. The van der Waals surface area contributed by atoms with Crippen LogP contribution in [-0.2, 0) is 11.2 Å². The van der Waals surface area contributed by atoms with Gasteiger partial charge in [0, 0.05) is 18.0 Å². The van der Waals surface area contributed by atoms with Crippen molar-refractivity contribution in [3.05, 3.63) is 34.9 Å². The minimum atomic E-state index is 0.108. The van der Waals surface area contributed by atoms with Crippen LogP contribution in [0.25, 0.3) is 0 Å². The lowest BCUT2D eigenvalue weighted by Gasteiger charge is -2.03. The molecule has 0 heterocycles. The number of benzene rings is 1. The van der Waals surface area contributed by atoms with Crippen molar-refractivity contribution in [1.82, 2.24) is 5.32 Å². The number of nitrogens with one attached hydrogen (secondary N) is 1. The highest BCUT2D eigenvalue weighted by molar-refractivity contribution is 6.30. The van der Waals surface area contributed by atoms with Crippen molar-refractivity contribution >= 4 is 17.5 Å². The smallest absolute Gasteiger partial charge is 0.220 e. The van der Waals surface area contributed by atoms with Gasteiger partial charge in [0.2, 0.25) is 5.91 Å². The Morgan fingerprint density at radius 3 is 2.93 bits per heavy atom. The van der Waals surface area contributed by atoms with Gasteiger partial charge >= 0.3 is 0 Å². The highest BCUT2D eigenvalue weighted by atomic mass is 35.5. The van der Waals surface area contributed by atoms with Gasteiger partial charge in [-0.25, -0.2) is 0 Å². The minimum absolute atomic E-state index is 0.108. The van der Waals surface area contributed by atoms with Crippen molar-refractivity contribution in [1.29, 1.82) is 0 Å². The van der Waals surface area contributed by atoms with Crippen LogP contribution in [0.3, 0.4) is 0 Å². The summed E-state index contributed by atoms with van der Waals surface area (Å²) in [6.07, 6.45) is 2.25. The third-order valence-electron chi connectivity index (χ3n) is 2.10. The van der Waals surface area contributed by atoms with E-state index in [9.17, 15) is 4.79 Å². The van der Waals surface area contributed by atoms with Crippen LogP contribution >= 0.6 is 11.6 Å². The number of halogens is 1. The minimum Gasteiger partial charge on any atom is -0.356 e. The molecule has 0 radical (unpaired) electrons. The first-order chi connectivity index (χ1) is 7.22. The summed E-state index contributed by atoms with van der Waals surface area (Å²) in [5, 5.41) is 3.57. The van der Waals surface area contributed by atoms with Gasteiger partial charge in [0.25, 0.3) is 0 Å². The van der Waals surface area contributed by atoms with Crippen LogP contribution in [0.15, 0.2) is 24.3 Å². The largest absolute Gasteiger partial charge is 0.356 e. The lowest BCUT2D eigenvalue weighted by Crippen LogP contribution is -2.24. The summed E-state index contributed by atoms with van der Waals surface area (Å²) in [6.45, 7) is 2.80. The number of carbonyl (C=O) groups is 1. The fourth-order valence-corrected chi connectivity index (χ4v) is 1.52. The first kappa shape index (κ1) is 12.1. The van der Waals surface area contributed by atoms with E-state index in [1.807, 2.05) is 31.2 Å². The Balaban J connectivity index is 2.33. The zero-order valence-electron chi connectivity index (χ0n) is 8.92. The van der Waals surface area contributed by atoms with E-state index >= 15 is 0 Å². The number of aryl methyl sites for hydroxylation is 1. The molecule has 0 atom stereocenters. The Bertz CT molecular complexity index is 325. The summed E-state index contributed by atoms with van der Waals surface area (Å²) in [5.74, 6) is 0.108. The molecule has 0 saturated carbocycles. The fraction of sp³-hybridized carbons (Fsp3) is 0.417. The van der Waals surface area contributed by atoms with Crippen molar-refractivity contribution in [2.75, 3.05) is 6.54 Å². The van der Waals surface area contributed by atoms with Gasteiger partial charge in [-0.1, -0.05) is 30.7 Å². The summed E-state index contributed by atoms with van der Waals surface area (Å²) in [7, 11) is 0. The normalized spacial score (nSPS) is 10.0. The molecule has 1 aromatic rings. The van der Waals surface area contributed by atoms with Crippen LogP contribution in [0.4, 0.5) is 0 Å². The predicted molar refractivity (Wildman–Crippen MR) is 63.1 cm³/mol. The third-order valence-corrected chi connectivity index (χ3v) is 2.34. The van der Waals surface area contributed by atoms with Crippen molar-refractivity contribution in [2.45, 2.75) is 26.2 Å². The highest BCUT2D eigenvalue weighted by Gasteiger charge is 2.01. The van der Waals surface area contributed by atoms with E-state index in [-0.39, 0.29) is 5.91 Å². The molecular weight excluding hydrogens is 210 g/mol. The average Bonchev–Trinajstić information content (AvgIpc) is 2.23. The van der Waals surface area contributed by atoms with Crippen LogP contribution in [0.1, 0.15) is 25.3 Å². The second-order valence-corrected chi connectivity index (χ2v) is 3.92. The number of amides is 1. The van der Waals surface area contributed by atoms with Crippen LogP contribution < -0.4 is 5.32 Å². The quantitative estimate of drug-likeness (QED) is 0.821. The summed E-state index contributed by atoms with van der Waals surface area (Å²) >= 11 is 5.84. The maximum atomic E-state index is 11.3. The zero-order chi connectivity index (χ0) is 11.1. The first-order valence-electron chi connectivity index (χ1n) is 5.23. The molecule has 1 amide bonds. The summed E-state index contributed by atoms with van der Waals surface area (Å²) in [4.78, 5) is 11.3. The standard InChI is InChI=1S/C12H16ClNO/c1-2-8-14-12(15)7-6-10-4-3-5-11(13)9-10/h3-5,9H,2,6-8H2,1H3,(H,14,15). The van der Waals surface area contributed by atoms with Crippen LogP contribution in [0.5, 0.6) is 0 Å². The van der Waals surface area contributed by atoms with Gasteiger partial charge in [-0.15, -0.1) is 0 Å². The van der Waals surface area contributed by atoms with Gasteiger partial charge in [0.15, 0.2) is 0 Å². The van der Waals surface area contributed by atoms with E-state index in [0.29, 0.717) is 6.42 Å². The van der Waals surface area contributed by atoms with E-state index in [1.54, 1.807) is 0 Å². The number of carbonyl (C=O) groups excluding carboxylic acids is 1. The van der Waals surface area contributed by atoms with Gasteiger partial charge in [0.05, 0.1) is 0 Å². The van der Waals surface area contributed by atoms with Crippen LogP contribution in [-0.4, -0.2) is 12.5 Å². The molecular formula is C12H16ClNO. The zero-order valence-corrected chi connectivity index (χ0v) is 9.68. The van der Waals surface area contributed by atoms with Crippen molar-refractivity contribution in [3.8, 4) is 0 Å². The van der Waals surface area contributed by atoms with Crippen molar-refractivity contribution in [3.63, 3.8) is 0 Å². The maximum Gasteiger partial charge on any atom is 0.220 e. The molecule has 1 N–H and O–H groups in total. The Hall–Kier alpha value is -1.02. The molecule has 82 valence electrons. The predicted octanol–water partition coefficient (Wildman–Crippen LogP) is 2.80. The fourth-order valence-electron chi connectivity index (χ4n) is 1.30. The molecule has 0 aliphatic heterocycles. The number of rotatable bonds is 5. The van der Waals surface area contributed by atoms with Gasteiger partial charge in [-0.2, -0.15) is 0 Å². The molecule has 0 unspecified atom stereocenters. The molecule has 0 fully saturated rings. The molecule has 0 aromatic heterocycles. The molecule has 0 spiro atoms. The summed E-state index contributed by atoms with van der Waals surface area (Å²) in [6, 6.07) is 7.62. The Labute approximate surface area is 95.6 Å². The van der Waals surface area contributed by atoms with E-state index in [4.69, 9.17) is 11.6 Å². The summed E-state index contributed by atoms with van der Waals surface area (Å²) in [5.41, 5.74) is 1.11. The lowest BCUT2D eigenvalue weighted by molar-refractivity contribution is -0.121. The topological polar surface area (TPSA) is 29.1 Å². The molecule has 3 heteroatoms. The number of hydrogen-bond acceptors (Lipinski definition) is 1. The van der Waals surface area contributed by atoms with Gasteiger partial charge in [-0.3, -0.25) is 4.79 Å². The highest BCUT2D eigenvalue weighted by Crippen LogP contribution is 2.11. The average molecular weight is 226 g/mol. The van der Waals surface area contributed by atoms with Crippen LogP contribution in [0, 0.1) is 0 Å². The monoisotopic (exact) mass is 225 g/mol. The van der Waals surface area contributed by atoms with Gasteiger partial charge in [-0.05, 0) is 30.5 Å². The molecule has 15 heavy (non-hydrogen) atoms. The van der Waals surface area contributed by atoms with E-state index < -0.39 is 0 Å². The second kappa shape index (κ2) is 6.46. The van der Waals surface area contributed by atoms with Gasteiger partial charge in [0.1, 0.15) is 0 Å². The molecule has 0 aliphatic rings. The summed E-state index contributed by atoms with van der Waals surface area (Å²) < 4.78 is 0. The Morgan fingerprint density at radius 1 is 1.47 bits per heavy atom. The Kier molecular flexibility index (Phi) is 5.19. The molecule has 1 rings (SSSR count). The van der Waals surface area contributed by atoms with E-state index in [2.05, 4.69) is 5.32 Å². The van der Waals surface area contributed by atoms with E-state index in [0.717, 1.165) is 30.0 Å². The maximum absolute atomic E-state index is 11.3. The molecule has 0 bridgehead atoms. The molecule has 2 nitrogen and oxygen atoms in total. The van der Waals surface area contributed by atoms with Crippen molar-refractivity contribution < 1.29 is 4.79 Å². The first-order valence-corrected chi connectivity index (χ1v) is 5.61. The number of hydrogen-bond donors (Lipinski definition) is 1. The lowest BCUT2D eigenvalue weighted by atomic mass is 10.1. The van der Waals surface area contributed by atoms with E-state index in [1.165, 1.54) is 0 Å². The second-order valence-electron chi connectivity index (χ2n) is 3.48. The SMILES string of the molecule is CCCNC(=O)CCc1cccc(Cl)c1. The van der Waals surface area contributed by atoms with Crippen molar-refractivity contribution in [2.24, 2.45) is 0 Å². The molecule has 0 saturated heterocycles. The third kappa shape index (κ3) is 4.84. The molecule has 0 aliphatic carbocycles. The van der Waals surface area contributed by atoms with Crippen LogP contribution in [0.2, 0.25) is 5.02 Å². The van der Waals surface area contributed by atoms with Gasteiger partial charge < -0.3 is 5.32 Å².